The zero-order valence-electron chi connectivity index (χ0n) is 14.6. The normalized spacial score (nSPS) is 18.4. The minimum Gasteiger partial charge on any atom is -0.298 e. The SMILES string of the molecule is Cc1sc(-c2ccc(C(F)(F)F)cc2)nc1C1C(=O)CC(C)(C)CC1=O. The molecule has 26 heavy (non-hydrogen) atoms. The van der Waals surface area contributed by atoms with E-state index in [2.05, 4.69) is 4.98 Å². The number of hydrogen-bond acceptors (Lipinski definition) is 4. The Kier molecular flexibility index (Phi) is 4.55. The number of nitrogens with zero attached hydrogens (tertiary/aromatic N) is 1. The predicted molar refractivity (Wildman–Crippen MR) is 93.1 cm³/mol. The van der Waals surface area contributed by atoms with Gasteiger partial charge >= 0.3 is 6.18 Å². The van der Waals surface area contributed by atoms with Gasteiger partial charge in [0.05, 0.1) is 11.3 Å². The van der Waals surface area contributed by atoms with E-state index in [0.29, 0.717) is 29.1 Å². The van der Waals surface area contributed by atoms with E-state index in [1.165, 1.54) is 23.5 Å². The van der Waals surface area contributed by atoms with Crippen LogP contribution in [0, 0.1) is 12.3 Å². The van der Waals surface area contributed by atoms with Gasteiger partial charge in [-0.3, -0.25) is 9.59 Å². The highest BCUT2D eigenvalue weighted by Gasteiger charge is 2.42. The monoisotopic (exact) mass is 381 g/mol. The van der Waals surface area contributed by atoms with Gasteiger partial charge in [0.15, 0.2) is 0 Å². The van der Waals surface area contributed by atoms with Gasteiger partial charge in [-0.2, -0.15) is 13.2 Å². The molecule has 0 saturated heterocycles. The summed E-state index contributed by atoms with van der Waals surface area (Å²) in [6, 6.07) is 4.73. The maximum absolute atomic E-state index is 12.7. The molecular weight excluding hydrogens is 363 g/mol. The van der Waals surface area contributed by atoms with Crippen LogP contribution in [-0.2, 0) is 15.8 Å². The lowest BCUT2D eigenvalue weighted by Gasteiger charge is -2.31. The highest BCUT2D eigenvalue weighted by molar-refractivity contribution is 7.15. The van der Waals surface area contributed by atoms with E-state index in [9.17, 15) is 22.8 Å². The molecule has 0 radical (unpaired) electrons. The maximum Gasteiger partial charge on any atom is 0.416 e. The zero-order valence-corrected chi connectivity index (χ0v) is 15.4. The Hall–Kier alpha value is -2.02. The Morgan fingerprint density at radius 2 is 1.62 bits per heavy atom. The van der Waals surface area contributed by atoms with Gasteiger partial charge in [0.1, 0.15) is 22.5 Å². The van der Waals surface area contributed by atoms with E-state index in [-0.39, 0.29) is 17.0 Å². The Morgan fingerprint density at radius 1 is 1.08 bits per heavy atom. The highest BCUT2D eigenvalue weighted by Crippen LogP contribution is 2.41. The van der Waals surface area contributed by atoms with Crippen LogP contribution < -0.4 is 0 Å². The van der Waals surface area contributed by atoms with Gasteiger partial charge < -0.3 is 0 Å². The van der Waals surface area contributed by atoms with Crippen molar-refractivity contribution >= 4 is 22.9 Å². The Labute approximate surface area is 153 Å². The van der Waals surface area contributed by atoms with Crippen LogP contribution in [-0.4, -0.2) is 16.6 Å². The molecule has 138 valence electrons. The number of carbonyl (C=O) groups excluding carboxylic acids is 2. The first-order chi connectivity index (χ1) is 12.0. The summed E-state index contributed by atoms with van der Waals surface area (Å²) >= 11 is 1.28. The van der Waals surface area contributed by atoms with Gasteiger partial charge in [-0.25, -0.2) is 4.98 Å². The molecule has 0 aliphatic heterocycles. The lowest BCUT2D eigenvalue weighted by Crippen LogP contribution is -2.36. The molecule has 1 aromatic heterocycles. The molecule has 0 bridgehead atoms. The molecule has 1 heterocycles. The van der Waals surface area contributed by atoms with Crippen molar-refractivity contribution < 1.29 is 22.8 Å². The molecular formula is C19H18F3NO2S. The first kappa shape index (κ1) is 18.8. The summed E-state index contributed by atoms with van der Waals surface area (Å²) in [4.78, 5) is 30.2. The quantitative estimate of drug-likeness (QED) is 0.674. The number of carbonyl (C=O) groups is 2. The average molecular weight is 381 g/mol. The van der Waals surface area contributed by atoms with E-state index in [1.807, 2.05) is 13.8 Å². The van der Waals surface area contributed by atoms with Gasteiger partial charge in [0, 0.05) is 23.3 Å². The molecule has 0 atom stereocenters. The molecule has 1 aromatic carbocycles. The van der Waals surface area contributed by atoms with Gasteiger partial charge in [-0.1, -0.05) is 26.0 Å². The lowest BCUT2D eigenvalue weighted by atomic mass is 9.70. The number of benzene rings is 1. The fourth-order valence-electron chi connectivity index (χ4n) is 3.30. The molecule has 1 aliphatic rings. The molecule has 2 aromatic rings. The fourth-order valence-corrected chi connectivity index (χ4v) is 4.25. The average Bonchev–Trinajstić information content (AvgIpc) is 2.86. The number of aromatic nitrogens is 1. The topological polar surface area (TPSA) is 47.0 Å². The Morgan fingerprint density at radius 3 is 2.12 bits per heavy atom. The second-order valence-corrected chi connectivity index (χ2v) is 8.62. The molecule has 0 N–H and O–H groups in total. The van der Waals surface area contributed by atoms with Crippen LogP contribution in [0.3, 0.4) is 0 Å². The second kappa shape index (κ2) is 6.30. The first-order valence-corrected chi connectivity index (χ1v) is 9.00. The number of rotatable bonds is 2. The number of alkyl halides is 3. The Balaban J connectivity index is 1.93. The van der Waals surface area contributed by atoms with E-state index >= 15 is 0 Å². The summed E-state index contributed by atoms with van der Waals surface area (Å²) in [6.45, 7) is 5.56. The third-order valence-corrected chi connectivity index (χ3v) is 5.55. The number of halogens is 3. The maximum atomic E-state index is 12.7. The first-order valence-electron chi connectivity index (χ1n) is 8.18. The van der Waals surface area contributed by atoms with Crippen molar-refractivity contribution in [1.29, 1.82) is 0 Å². The number of ketones is 2. The summed E-state index contributed by atoms with van der Waals surface area (Å²) in [5.74, 6) is -1.14. The van der Waals surface area contributed by atoms with Crippen molar-refractivity contribution in [3.8, 4) is 10.6 Å². The van der Waals surface area contributed by atoms with Crippen molar-refractivity contribution in [2.45, 2.75) is 45.7 Å². The molecule has 3 rings (SSSR count). The van der Waals surface area contributed by atoms with Crippen LogP contribution in [0.5, 0.6) is 0 Å². The van der Waals surface area contributed by atoms with Crippen LogP contribution in [0.2, 0.25) is 0 Å². The van der Waals surface area contributed by atoms with Crippen molar-refractivity contribution in [2.24, 2.45) is 5.41 Å². The van der Waals surface area contributed by atoms with Gasteiger partial charge in [-0.05, 0) is 24.5 Å². The Bertz CT molecular complexity index is 846. The largest absolute Gasteiger partial charge is 0.416 e. The van der Waals surface area contributed by atoms with Crippen LogP contribution in [0.1, 0.15) is 48.7 Å². The highest BCUT2D eigenvalue weighted by atomic mass is 32.1. The van der Waals surface area contributed by atoms with E-state index in [4.69, 9.17) is 0 Å². The van der Waals surface area contributed by atoms with Crippen LogP contribution >= 0.6 is 11.3 Å². The van der Waals surface area contributed by atoms with Crippen molar-refractivity contribution in [3.63, 3.8) is 0 Å². The summed E-state index contributed by atoms with van der Waals surface area (Å²) in [6.07, 6.45) is -3.76. The van der Waals surface area contributed by atoms with Gasteiger partial charge in [0.25, 0.3) is 0 Å². The van der Waals surface area contributed by atoms with Crippen molar-refractivity contribution in [1.82, 2.24) is 4.98 Å². The minimum atomic E-state index is -4.39. The van der Waals surface area contributed by atoms with Gasteiger partial charge in [-0.15, -0.1) is 11.3 Å². The number of hydrogen-bond donors (Lipinski definition) is 0. The lowest BCUT2D eigenvalue weighted by molar-refractivity contribution is -0.138. The molecule has 1 aliphatic carbocycles. The number of aryl methyl sites for hydroxylation is 1. The summed E-state index contributed by atoms with van der Waals surface area (Å²) in [5, 5.41) is 0.511. The van der Waals surface area contributed by atoms with E-state index in [0.717, 1.165) is 17.0 Å². The van der Waals surface area contributed by atoms with Crippen LogP contribution in [0.4, 0.5) is 13.2 Å². The van der Waals surface area contributed by atoms with E-state index < -0.39 is 17.7 Å². The molecule has 0 unspecified atom stereocenters. The second-order valence-electron chi connectivity index (χ2n) is 7.42. The summed E-state index contributed by atoms with van der Waals surface area (Å²) in [7, 11) is 0. The van der Waals surface area contributed by atoms with Crippen LogP contribution in [0.15, 0.2) is 24.3 Å². The summed E-state index contributed by atoms with van der Waals surface area (Å²) in [5.41, 5.74) is -0.0939. The smallest absolute Gasteiger partial charge is 0.298 e. The van der Waals surface area contributed by atoms with Crippen molar-refractivity contribution in [3.05, 3.63) is 40.4 Å². The van der Waals surface area contributed by atoms with Gasteiger partial charge in [0.2, 0.25) is 0 Å². The third-order valence-electron chi connectivity index (χ3n) is 4.51. The molecule has 3 nitrogen and oxygen atoms in total. The molecule has 1 saturated carbocycles. The molecule has 7 heteroatoms. The van der Waals surface area contributed by atoms with E-state index in [1.54, 1.807) is 6.92 Å². The molecule has 0 spiro atoms. The van der Waals surface area contributed by atoms with Crippen molar-refractivity contribution in [2.75, 3.05) is 0 Å². The third kappa shape index (κ3) is 3.58. The summed E-state index contributed by atoms with van der Waals surface area (Å²) < 4.78 is 38.1. The molecule has 0 amide bonds. The van der Waals surface area contributed by atoms with Crippen LogP contribution in [0.25, 0.3) is 10.6 Å². The fraction of sp³-hybridized carbons (Fsp3) is 0.421. The minimum absolute atomic E-state index is 0.140. The number of Topliss-reactive ketones (excluding diaryl/α,β-unsaturated/α-hetero) is 2. The standard InChI is InChI=1S/C19H18F3NO2S/c1-10-16(15-13(24)8-18(2,3)9-14(15)25)23-17(26-10)11-4-6-12(7-5-11)19(20,21)22/h4-7,15H,8-9H2,1-3H3. The zero-order chi connectivity index (χ0) is 19.3. The predicted octanol–water partition coefficient (Wildman–Crippen LogP) is 5.18. The molecule has 1 fully saturated rings. The number of thiazole rings is 1.